The highest BCUT2D eigenvalue weighted by atomic mass is 19.1. The Bertz CT molecular complexity index is 1190. The number of hydrogen-bond donors (Lipinski definition) is 1. The molecule has 1 aliphatic rings. The summed E-state index contributed by atoms with van der Waals surface area (Å²) in [6, 6.07) is 16.3. The molecule has 0 saturated carbocycles. The fourth-order valence-corrected chi connectivity index (χ4v) is 4.30. The summed E-state index contributed by atoms with van der Waals surface area (Å²) in [5.74, 6) is 1.10. The third kappa shape index (κ3) is 9.33. The minimum absolute atomic E-state index is 0.145. The van der Waals surface area contributed by atoms with E-state index in [1.165, 1.54) is 12.1 Å². The molecule has 7 nitrogen and oxygen atoms in total. The second-order valence-corrected chi connectivity index (χ2v) is 10.5. The third-order valence-corrected chi connectivity index (χ3v) is 6.63. The molecule has 1 saturated heterocycles. The first kappa shape index (κ1) is 28.5. The van der Waals surface area contributed by atoms with Crippen LogP contribution in [0.1, 0.15) is 25.1 Å². The highest BCUT2D eigenvalue weighted by Gasteiger charge is 2.13. The largest absolute Gasteiger partial charge is 0.493 e. The molecular formula is C31H39FN4O3. The lowest BCUT2D eigenvalue weighted by molar-refractivity contribution is -0.120. The average Bonchev–Trinajstić information content (AvgIpc) is 2.92. The topological polar surface area (TPSA) is 66.9 Å². The van der Waals surface area contributed by atoms with Crippen molar-refractivity contribution in [1.82, 2.24) is 20.1 Å². The van der Waals surface area contributed by atoms with Gasteiger partial charge in [0.25, 0.3) is 0 Å². The number of carbonyl (C=O) groups excluding carboxylic acids is 1. The highest BCUT2D eigenvalue weighted by molar-refractivity contribution is 5.78. The molecule has 3 aromatic rings. The van der Waals surface area contributed by atoms with E-state index >= 15 is 0 Å². The summed E-state index contributed by atoms with van der Waals surface area (Å²) in [6.45, 7) is 10.8. The average molecular weight is 535 g/mol. The molecule has 0 atom stereocenters. The van der Waals surface area contributed by atoms with Crippen molar-refractivity contribution in [3.8, 4) is 22.6 Å². The number of hydrogen-bond acceptors (Lipinski definition) is 6. The predicted molar refractivity (Wildman–Crippen MR) is 151 cm³/mol. The van der Waals surface area contributed by atoms with Gasteiger partial charge in [-0.1, -0.05) is 32.0 Å². The van der Waals surface area contributed by atoms with Gasteiger partial charge in [0.1, 0.15) is 23.9 Å². The first-order valence-electron chi connectivity index (χ1n) is 13.6. The number of amides is 1. The summed E-state index contributed by atoms with van der Waals surface area (Å²) in [7, 11) is 2.16. The molecule has 39 heavy (non-hydrogen) atoms. The van der Waals surface area contributed by atoms with Crippen LogP contribution in [0.3, 0.4) is 0 Å². The molecule has 2 heterocycles. The lowest BCUT2D eigenvalue weighted by atomic mass is 10.1. The summed E-state index contributed by atoms with van der Waals surface area (Å²) in [6.07, 6.45) is 1.92. The SMILES string of the molecule is CC(C)COc1cc(F)cc(CNC(=O)Cc2ccc(-c3ccc(OCCN4CCN(C)CC4)cc3)cn2)c1. The second-order valence-electron chi connectivity index (χ2n) is 10.5. The van der Waals surface area contributed by atoms with Gasteiger partial charge in [-0.2, -0.15) is 0 Å². The fourth-order valence-electron chi connectivity index (χ4n) is 4.30. The molecule has 4 rings (SSSR count). The van der Waals surface area contributed by atoms with Gasteiger partial charge < -0.3 is 19.7 Å². The van der Waals surface area contributed by atoms with Crippen molar-refractivity contribution < 1.29 is 18.7 Å². The second kappa shape index (κ2) is 14.1. The number of halogens is 1. The van der Waals surface area contributed by atoms with Gasteiger partial charge in [-0.05, 0) is 54.4 Å². The van der Waals surface area contributed by atoms with Crippen LogP contribution < -0.4 is 14.8 Å². The molecule has 1 amide bonds. The summed E-state index contributed by atoms with van der Waals surface area (Å²) in [4.78, 5) is 21.7. The van der Waals surface area contributed by atoms with E-state index in [4.69, 9.17) is 9.47 Å². The van der Waals surface area contributed by atoms with Crippen molar-refractivity contribution in [2.24, 2.45) is 5.92 Å². The maximum absolute atomic E-state index is 13.9. The van der Waals surface area contributed by atoms with Crippen LogP contribution in [0.2, 0.25) is 0 Å². The molecule has 1 N–H and O–H groups in total. The van der Waals surface area contributed by atoms with Gasteiger partial charge in [0.05, 0.1) is 13.0 Å². The van der Waals surface area contributed by atoms with Crippen LogP contribution in [0.5, 0.6) is 11.5 Å². The van der Waals surface area contributed by atoms with Crippen molar-refractivity contribution >= 4 is 5.91 Å². The van der Waals surface area contributed by atoms with Gasteiger partial charge in [-0.3, -0.25) is 14.7 Å². The lowest BCUT2D eigenvalue weighted by Gasteiger charge is -2.32. The Hall–Kier alpha value is -3.49. The molecule has 2 aromatic carbocycles. The number of aromatic nitrogens is 1. The quantitative estimate of drug-likeness (QED) is 0.372. The Kier molecular flexibility index (Phi) is 10.3. The normalized spacial score (nSPS) is 14.4. The summed E-state index contributed by atoms with van der Waals surface area (Å²) >= 11 is 0. The van der Waals surface area contributed by atoms with E-state index in [1.807, 2.05) is 50.2 Å². The number of benzene rings is 2. The Morgan fingerprint density at radius 2 is 1.72 bits per heavy atom. The smallest absolute Gasteiger partial charge is 0.226 e. The van der Waals surface area contributed by atoms with E-state index in [-0.39, 0.29) is 24.7 Å². The number of pyridine rings is 1. The Labute approximate surface area is 230 Å². The zero-order valence-electron chi connectivity index (χ0n) is 23.2. The maximum Gasteiger partial charge on any atom is 0.226 e. The van der Waals surface area contributed by atoms with Gasteiger partial charge >= 0.3 is 0 Å². The number of nitrogens with zero attached hydrogens (tertiary/aromatic N) is 3. The number of rotatable bonds is 12. The van der Waals surface area contributed by atoms with Crippen LogP contribution in [-0.4, -0.2) is 73.7 Å². The zero-order chi connectivity index (χ0) is 27.6. The molecule has 0 unspecified atom stereocenters. The first-order valence-corrected chi connectivity index (χ1v) is 13.6. The highest BCUT2D eigenvalue weighted by Crippen LogP contribution is 2.22. The number of ether oxygens (including phenoxy) is 2. The standard InChI is InChI=1S/C31H39FN4O3/c1-23(2)22-39-30-17-24(16-27(32)18-30)20-34-31(37)19-28-7-4-26(21-33-28)25-5-8-29(9-6-25)38-15-14-36-12-10-35(3)11-13-36/h4-9,16-18,21,23H,10-15,19-20,22H2,1-3H3,(H,34,37). The van der Waals surface area contributed by atoms with E-state index in [9.17, 15) is 9.18 Å². The van der Waals surface area contributed by atoms with Gasteiger partial charge in [-0.15, -0.1) is 0 Å². The summed E-state index contributed by atoms with van der Waals surface area (Å²) in [5, 5.41) is 2.84. The van der Waals surface area contributed by atoms with E-state index < -0.39 is 0 Å². The van der Waals surface area contributed by atoms with Crippen molar-refractivity contribution in [3.63, 3.8) is 0 Å². The Morgan fingerprint density at radius 1 is 0.974 bits per heavy atom. The molecule has 1 fully saturated rings. The minimum Gasteiger partial charge on any atom is -0.493 e. The Balaban J connectivity index is 1.22. The van der Waals surface area contributed by atoms with Gasteiger partial charge in [0, 0.05) is 62.8 Å². The molecule has 208 valence electrons. The minimum atomic E-state index is -0.386. The van der Waals surface area contributed by atoms with Gasteiger partial charge in [-0.25, -0.2) is 4.39 Å². The van der Waals surface area contributed by atoms with Crippen molar-refractivity contribution in [2.45, 2.75) is 26.8 Å². The molecule has 1 aliphatic heterocycles. The van der Waals surface area contributed by atoms with Crippen molar-refractivity contribution in [1.29, 1.82) is 0 Å². The van der Waals surface area contributed by atoms with Crippen molar-refractivity contribution in [2.75, 3.05) is 53.0 Å². The molecule has 0 bridgehead atoms. The zero-order valence-corrected chi connectivity index (χ0v) is 23.2. The molecule has 8 heteroatoms. The third-order valence-electron chi connectivity index (χ3n) is 6.63. The molecule has 0 radical (unpaired) electrons. The van der Waals surface area contributed by atoms with E-state index in [1.54, 1.807) is 12.3 Å². The van der Waals surface area contributed by atoms with Crippen LogP contribution in [0.25, 0.3) is 11.1 Å². The molecule has 1 aromatic heterocycles. The first-order chi connectivity index (χ1) is 18.8. The fraction of sp³-hybridized carbons (Fsp3) is 0.419. The molecular weight excluding hydrogens is 495 g/mol. The van der Waals surface area contributed by atoms with Gasteiger partial charge in [0.15, 0.2) is 0 Å². The van der Waals surface area contributed by atoms with Crippen molar-refractivity contribution in [3.05, 3.63) is 77.9 Å². The van der Waals surface area contributed by atoms with Crippen LogP contribution in [0.15, 0.2) is 60.8 Å². The summed E-state index contributed by atoms with van der Waals surface area (Å²) in [5.41, 5.74) is 3.32. The van der Waals surface area contributed by atoms with Crippen LogP contribution >= 0.6 is 0 Å². The maximum atomic E-state index is 13.9. The number of likely N-dealkylation sites (N-methyl/N-ethyl adjacent to an activating group) is 1. The number of piperazine rings is 1. The summed E-state index contributed by atoms with van der Waals surface area (Å²) < 4.78 is 25.5. The molecule has 0 aliphatic carbocycles. The van der Waals surface area contributed by atoms with Gasteiger partial charge in [0.2, 0.25) is 5.91 Å². The van der Waals surface area contributed by atoms with Crippen LogP contribution in [0, 0.1) is 11.7 Å². The monoisotopic (exact) mass is 534 g/mol. The van der Waals surface area contributed by atoms with Crippen LogP contribution in [-0.2, 0) is 17.8 Å². The van der Waals surface area contributed by atoms with E-state index in [0.717, 1.165) is 49.6 Å². The van der Waals surface area contributed by atoms with E-state index in [2.05, 4.69) is 27.1 Å². The molecule has 0 spiro atoms. The Morgan fingerprint density at radius 3 is 2.41 bits per heavy atom. The van der Waals surface area contributed by atoms with E-state index in [0.29, 0.717) is 36.1 Å². The lowest BCUT2D eigenvalue weighted by Crippen LogP contribution is -2.45. The number of carbonyl (C=O) groups is 1. The van der Waals surface area contributed by atoms with Crippen LogP contribution in [0.4, 0.5) is 4.39 Å². The number of nitrogens with one attached hydrogen (secondary N) is 1. The predicted octanol–water partition coefficient (Wildman–Crippen LogP) is 4.41.